The van der Waals surface area contributed by atoms with Crippen LogP contribution in [0, 0.1) is 0 Å². The van der Waals surface area contributed by atoms with E-state index in [4.69, 9.17) is 25.8 Å². The van der Waals surface area contributed by atoms with E-state index in [1.807, 2.05) is 43.3 Å². The van der Waals surface area contributed by atoms with Gasteiger partial charge < -0.3 is 19.5 Å². The zero-order chi connectivity index (χ0) is 18.2. The van der Waals surface area contributed by atoms with Crippen molar-refractivity contribution in [2.45, 2.75) is 39.0 Å². The van der Waals surface area contributed by atoms with E-state index in [2.05, 4.69) is 11.4 Å². The molecule has 1 unspecified atom stereocenters. The van der Waals surface area contributed by atoms with Crippen molar-refractivity contribution in [3.8, 4) is 11.5 Å². The van der Waals surface area contributed by atoms with Gasteiger partial charge in [-0.1, -0.05) is 35.9 Å². The molecule has 3 rings (SSSR count). The van der Waals surface area contributed by atoms with Crippen LogP contribution in [0.25, 0.3) is 0 Å². The normalized spacial score (nSPS) is 16.6. The van der Waals surface area contributed by atoms with Crippen molar-refractivity contribution in [3.05, 3.63) is 58.6 Å². The first kappa shape index (κ1) is 19.0. The van der Waals surface area contributed by atoms with Gasteiger partial charge in [-0.2, -0.15) is 0 Å². The summed E-state index contributed by atoms with van der Waals surface area (Å²) in [5.74, 6) is 1.49. The summed E-state index contributed by atoms with van der Waals surface area (Å²) in [6, 6.07) is 13.8. The largest absolute Gasteiger partial charge is 0.490 e. The molecule has 4 nitrogen and oxygen atoms in total. The molecule has 0 radical (unpaired) electrons. The van der Waals surface area contributed by atoms with Crippen molar-refractivity contribution in [1.82, 2.24) is 5.32 Å². The molecule has 2 aromatic carbocycles. The molecule has 1 saturated heterocycles. The molecule has 1 fully saturated rings. The van der Waals surface area contributed by atoms with Gasteiger partial charge >= 0.3 is 0 Å². The molecular formula is C21H26ClNO3. The molecule has 0 aliphatic carbocycles. The second kappa shape index (κ2) is 9.81. The Kier molecular flexibility index (Phi) is 7.18. The highest BCUT2D eigenvalue weighted by Gasteiger charge is 2.14. The van der Waals surface area contributed by atoms with E-state index in [1.54, 1.807) is 0 Å². The number of benzene rings is 2. The van der Waals surface area contributed by atoms with Crippen LogP contribution in [0.5, 0.6) is 11.5 Å². The summed E-state index contributed by atoms with van der Waals surface area (Å²) in [5, 5.41) is 4.17. The average molecular weight is 376 g/mol. The predicted octanol–water partition coefficient (Wildman–Crippen LogP) is 4.59. The number of halogens is 1. The third kappa shape index (κ3) is 5.37. The van der Waals surface area contributed by atoms with Crippen molar-refractivity contribution in [1.29, 1.82) is 0 Å². The summed E-state index contributed by atoms with van der Waals surface area (Å²) in [6.45, 7) is 5.53. The molecule has 0 saturated carbocycles. The van der Waals surface area contributed by atoms with Crippen LogP contribution in [0.2, 0.25) is 5.02 Å². The number of ether oxygens (including phenoxy) is 3. The topological polar surface area (TPSA) is 39.7 Å². The smallest absolute Gasteiger partial charge is 0.161 e. The second-order valence-corrected chi connectivity index (χ2v) is 6.77. The monoisotopic (exact) mass is 375 g/mol. The molecule has 0 bridgehead atoms. The highest BCUT2D eigenvalue weighted by atomic mass is 35.5. The van der Waals surface area contributed by atoms with Gasteiger partial charge in [0.05, 0.1) is 12.7 Å². The first-order chi connectivity index (χ1) is 12.8. The van der Waals surface area contributed by atoms with E-state index in [0.29, 0.717) is 24.3 Å². The Morgan fingerprint density at radius 3 is 2.81 bits per heavy atom. The lowest BCUT2D eigenvalue weighted by Gasteiger charge is -2.15. The van der Waals surface area contributed by atoms with Gasteiger partial charge in [0.2, 0.25) is 0 Å². The second-order valence-electron chi connectivity index (χ2n) is 6.36. The van der Waals surface area contributed by atoms with Crippen LogP contribution in [0.4, 0.5) is 0 Å². The molecule has 1 atom stereocenters. The maximum Gasteiger partial charge on any atom is 0.161 e. The minimum Gasteiger partial charge on any atom is -0.490 e. The number of hydrogen-bond donors (Lipinski definition) is 1. The van der Waals surface area contributed by atoms with Crippen molar-refractivity contribution >= 4 is 11.6 Å². The molecule has 2 aromatic rings. The van der Waals surface area contributed by atoms with Crippen LogP contribution < -0.4 is 14.8 Å². The third-order valence-corrected chi connectivity index (χ3v) is 4.74. The SMILES string of the molecule is CCOc1cc(CNCC2CCCO2)ccc1OCc1ccccc1Cl. The fraction of sp³-hybridized carbons (Fsp3) is 0.429. The van der Waals surface area contributed by atoms with Gasteiger partial charge in [0.25, 0.3) is 0 Å². The van der Waals surface area contributed by atoms with Crippen LogP contribution in [-0.4, -0.2) is 25.9 Å². The van der Waals surface area contributed by atoms with Crippen LogP contribution in [0.1, 0.15) is 30.9 Å². The molecule has 1 aliphatic heterocycles. The van der Waals surface area contributed by atoms with Gasteiger partial charge in [-0.05, 0) is 43.5 Å². The Balaban J connectivity index is 1.59. The first-order valence-corrected chi connectivity index (χ1v) is 9.58. The molecule has 0 spiro atoms. The maximum absolute atomic E-state index is 6.20. The predicted molar refractivity (Wildman–Crippen MR) is 104 cm³/mol. The molecule has 0 aromatic heterocycles. The highest BCUT2D eigenvalue weighted by molar-refractivity contribution is 6.31. The zero-order valence-electron chi connectivity index (χ0n) is 15.2. The lowest BCUT2D eigenvalue weighted by molar-refractivity contribution is 0.110. The van der Waals surface area contributed by atoms with E-state index in [-0.39, 0.29) is 0 Å². The lowest BCUT2D eigenvalue weighted by Crippen LogP contribution is -2.25. The van der Waals surface area contributed by atoms with Gasteiger partial charge in [-0.15, -0.1) is 0 Å². The van der Waals surface area contributed by atoms with E-state index >= 15 is 0 Å². The van der Waals surface area contributed by atoms with Gasteiger partial charge in [0, 0.05) is 30.3 Å². The van der Waals surface area contributed by atoms with Crippen molar-refractivity contribution in [2.75, 3.05) is 19.8 Å². The zero-order valence-corrected chi connectivity index (χ0v) is 15.9. The van der Waals surface area contributed by atoms with Crippen molar-refractivity contribution < 1.29 is 14.2 Å². The Labute approximate surface area is 160 Å². The third-order valence-electron chi connectivity index (χ3n) is 4.37. The Bertz CT molecular complexity index is 701. The summed E-state index contributed by atoms with van der Waals surface area (Å²) in [5.41, 5.74) is 2.12. The van der Waals surface area contributed by atoms with E-state index in [0.717, 1.165) is 55.2 Å². The Morgan fingerprint density at radius 1 is 1.15 bits per heavy atom. The summed E-state index contributed by atoms with van der Waals surface area (Å²) >= 11 is 6.20. The summed E-state index contributed by atoms with van der Waals surface area (Å²) in [7, 11) is 0. The Hall–Kier alpha value is -1.75. The van der Waals surface area contributed by atoms with Gasteiger partial charge in [0.1, 0.15) is 6.61 Å². The minimum absolute atomic E-state index is 0.347. The van der Waals surface area contributed by atoms with Crippen molar-refractivity contribution in [3.63, 3.8) is 0 Å². The average Bonchev–Trinajstić information content (AvgIpc) is 3.16. The molecule has 1 aliphatic rings. The van der Waals surface area contributed by atoms with E-state index < -0.39 is 0 Å². The molecule has 0 amide bonds. The quantitative estimate of drug-likeness (QED) is 0.696. The van der Waals surface area contributed by atoms with E-state index in [9.17, 15) is 0 Å². The fourth-order valence-corrected chi connectivity index (χ4v) is 3.19. The highest BCUT2D eigenvalue weighted by Crippen LogP contribution is 2.30. The number of rotatable bonds is 9. The maximum atomic E-state index is 6.20. The molecule has 140 valence electrons. The van der Waals surface area contributed by atoms with Crippen LogP contribution >= 0.6 is 11.6 Å². The Morgan fingerprint density at radius 2 is 2.04 bits per heavy atom. The summed E-state index contributed by atoms with van der Waals surface area (Å²) in [6.07, 6.45) is 2.66. The standard InChI is InChI=1S/C21H26ClNO3/c1-2-24-21-12-16(13-23-14-18-7-5-11-25-18)9-10-20(21)26-15-17-6-3-4-8-19(17)22/h3-4,6,8-10,12,18,23H,2,5,7,11,13-15H2,1H3. The molecular weight excluding hydrogens is 350 g/mol. The van der Waals surface area contributed by atoms with Crippen molar-refractivity contribution in [2.24, 2.45) is 0 Å². The fourth-order valence-electron chi connectivity index (χ4n) is 3.00. The van der Waals surface area contributed by atoms with Gasteiger partial charge in [-0.3, -0.25) is 0 Å². The van der Waals surface area contributed by atoms with E-state index in [1.165, 1.54) is 0 Å². The summed E-state index contributed by atoms with van der Waals surface area (Å²) < 4.78 is 17.4. The van der Waals surface area contributed by atoms with Gasteiger partial charge in [0.15, 0.2) is 11.5 Å². The molecule has 1 N–H and O–H groups in total. The summed E-state index contributed by atoms with van der Waals surface area (Å²) in [4.78, 5) is 0. The molecule has 26 heavy (non-hydrogen) atoms. The first-order valence-electron chi connectivity index (χ1n) is 9.20. The van der Waals surface area contributed by atoms with Crippen LogP contribution in [-0.2, 0) is 17.9 Å². The van der Waals surface area contributed by atoms with Crippen LogP contribution in [0.15, 0.2) is 42.5 Å². The lowest BCUT2D eigenvalue weighted by atomic mass is 10.2. The van der Waals surface area contributed by atoms with Crippen LogP contribution in [0.3, 0.4) is 0 Å². The van der Waals surface area contributed by atoms with Gasteiger partial charge in [-0.25, -0.2) is 0 Å². The number of hydrogen-bond acceptors (Lipinski definition) is 4. The molecule has 1 heterocycles. The minimum atomic E-state index is 0.347. The number of nitrogens with one attached hydrogen (secondary N) is 1. The molecule has 5 heteroatoms.